The van der Waals surface area contributed by atoms with Gasteiger partial charge in [0.15, 0.2) is 0 Å². The molecule has 108 valence electrons. The lowest BCUT2D eigenvalue weighted by atomic mass is 10.1. The number of rotatable bonds is 7. The summed E-state index contributed by atoms with van der Waals surface area (Å²) >= 11 is 0. The summed E-state index contributed by atoms with van der Waals surface area (Å²) in [6.45, 7) is 15.7. The molecule has 1 unspecified atom stereocenters. The van der Waals surface area contributed by atoms with Crippen molar-refractivity contribution in [3.63, 3.8) is 0 Å². The lowest BCUT2D eigenvalue weighted by Gasteiger charge is -2.31. The highest BCUT2D eigenvalue weighted by atomic mass is 16.6. The Morgan fingerprint density at radius 1 is 1.37 bits per heavy atom. The van der Waals surface area contributed by atoms with E-state index >= 15 is 0 Å². The number of allylic oxidation sites excluding steroid dienone is 2. The Morgan fingerprint density at radius 2 is 2.00 bits per heavy atom. The van der Waals surface area contributed by atoms with Crippen molar-refractivity contribution in [2.45, 2.75) is 52.2 Å². The van der Waals surface area contributed by atoms with Gasteiger partial charge in [-0.25, -0.2) is 4.79 Å². The summed E-state index contributed by atoms with van der Waals surface area (Å²) in [6, 6.07) is -0.0368. The number of hydrogen-bond acceptors (Lipinski definition) is 2. The summed E-state index contributed by atoms with van der Waals surface area (Å²) in [5, 5.41) is 0. The van der Waals surface area contributed by atoms with Gasteiger partial charge in [0.1, 0.15) is 5.60 Å². The van der Waals surface area contributed by atoms with Gasteiger partial charge in [-0.3, -0.25) is 0 Å². The van der Waals surface area contributed by atoms with Gasteiger partial charge in [-0.2, -0.15) is 0 Å². The maximum absolute atomic E-state index is 12.2. The van der Waals surface area contributed by atoms with E-state index in [0.29, 0.717) is 13.0 Å². The van der Waals surface area contributed by atoms with Crippen LogP contribution in [0, 0.1) is 0 Å². The van der Waals surface area contributed by atoms with Gasteiger partial charge in [-0.1, -0.05) is 37.8 Å². The highest BCUT2D eigenvalue weighted by molar-refractivity contribution is 5.69. The summed E-state index contributed by atoms with van der Waals surface area (Å²) in [5.74, 6) is 0. The number of carbonyl (C=O) groups is 1. The molecule has 3 heteroatoms. The Morgan fingerprint density at radius 3 is 2.42 bits per heavy atom. The Kier molecular flexibility index (Phi) is 7.89. The van der Waals surface area contributed by atoms with Crippen molar-refractivity contribution < 1.29 is 9.53 Å². The van der Waals surface area contributed by atoms with Gasteiger partial charge in [0.25, 0.3) is 0 Å². The van der Waals surface area contributed by atoms with Crippen molar-refractivity contribution in [1.29, 1.82) is 0 Å². The Bertz CT molecular complexity index is 326. The lowest BCUT2D eigenvalue weighted by molar-refractivity contribution is 0.0201. The first-order chi connectivity index (χ1) is 8.85. The third kappa shape index (κ3) is 7.50. The van der Waals surface area contributed by atoms with Gasteiger partial charge in [-0.15, -0.1) is 6.58 Å². The quantitative estimate of drug-likeness (QED) is 0.507. The van der Waals surface area contributed by atoms with Crippen molar-refractivity contribution in [2.24, 2.45) is 0 Å². The summed E-state index contributed by atoms with van der Waals surface area (Å²) in [5.41, 5.74) is -0.482. The normalized spacial score (nSPS) is 13.1. The van der Waals surface area contributed by atoms with E-state index < -0.39 is 5.60 Å². The minimum absolute atomic E-state index is 0.0368. The highest BCUT2D eigenvalue weighted by Crippen LogP contribution is 2.15. The molecule has 19 heavy (non-hydrogen) atoms. The van der Waals surface area contributed by atoms with Crippen molar-refractivity contribution in [1.82, 2.24) is 4.90 Å². The molecular formula is C16H27NO2. The van der Waals surface area contributed by atoms with E-state index in [0.717, 1.165) is 6.42 Å². The molecule has 0 heterocycles. The SMILES string of the molecule is C=C/C=C/C(CC=C)N(CCC)C(=O)OC(C)(C)C. The van der Waals surface area contributed by atoms with E-state index in [1.165, 1.54) is 0 Å². The van der Waals surface area contributed by atoms with E-state index in [-0.39, 0.29) is 12.1 Å². The zero-order valence-corrected chi connectivity index (χ0v) is 12.7. The molecule has 3 nitrogen and oxygen atoms in total. The van der Waals surface area contributed by atoms with Crippen molar-refractivity contribution in [3.05, 3.63) is 37.5 Å². The van der Waals surface area contributed by atoms with Crippen LogP contribution in [0.4, 0.5) is 4.79 Å². The first kappa shape index (κ1) is 17.5. The molecule has 0 aliphatic rings. The maximum Gasteiger partial charge on any atom is 0.410 e. The third-order valence-electron chi connectivity index (χ3n) is 2.37. The number of nitrogens with zero attached hydrogens (tertiary/aromatic N) is 1. The predicted molar refractivity (Wildman–Crippen MR) is 81.2 cm³/mol. The molecule has 0 aromatic heterocycles. The average Bonchev–Trinajstić information content (AvgIpc) is 2.29. The summed E-state index contributed by atoms with van der Waals surface area (Å²) in [6.07, 6.45) is 8.61. The summed E-state index contributed by atoms with van der Waals surface area (Å²) in [7, 11) is 0. The van der Waals surface area contributed by atoms with Crippen LogP contribution >= 0.6 is 0 Å². The van der Waals surface area contributed by atoms with Crippen molar-refractivity contribution >= 4 is 6.09 Å². The molecule has 0 aliphatic heterocycles. The molecular weight excluding hydrogens is 238 g/mol. The van der Waals surface area contributed by atoms with E-state index in [1.807, 2.05) is 45.9 Å². The van der Waals surface area contributed by atoms with Gasteiger partial charge in [0.05, 0.1) is 6.04 Å². The monoisotopic (exact) mass is 265 g/mol. The summed E-state index contributed by atoms with van der Waals surface area (Å²) in [4.78, 5) is 14.0. The van der Waals surface area contributed by atoms with Crippen LogP contribution in [-0.4, -0.2) is 29.2 Å². The predicted octanol–water partition coefficient (Wildman–Crippen LogP) is 4.32. The fraction of sp³-hybridized carbons (Fsp3) is 0.562. The smallest absolute Gasteiger partial charge is 0.410 e. The molecule has 0 saturated heterocycles. The standard InChI is InChI=1S/C16H27NO2/c1-7-10-12-14(11-8-2)17(13-9-3)15(18)19-16(4,5)6/h7-8,10,12,14H,1-2,9,11,13H2,3-6H3/b12-10+. The topological polar surface area (TPSA) is 29.5 Å². The second-order valence-corrected chi connectivity index (χ2v) is 5.39. The highest BCUT2D eigenvalue weighted by Gasteiger charge is 2.25. The van der Waals surface area contributed by atoms with Crippen LogP contribution < -0.4 is 0 Å². The molecule has 0 aromatic rings. The van der Waals surface area contributed by atoms with E-state index in [1.54, 1.807) is 11.0 Å². The number of carbonyl (C=O) groups excluding carboxylic acids is 1. The second-order valence-electron chi connectivity index (χ2n) is 5.39. The van der Waals surface area contributed by atoms with Crippen molar-refractivity contribution in [3.8, 4) is 0 Å². The first-order valence-electron chi connectivity index (χ1n) is 6.75. The van der Waals surface area contributed by atoms with Crippen LogP contribution in [0.2, 0.25) is 0 Å². The fourth-order valence-electron chi connectivity index (χ4n) is 1.64. The van der Waals surface area contributed by atoms with E-state index in [2.05, 4.69) is 13.2 Å². The van der Waals surface area contributed by atoms with Crippen LogP contribution in [-0.2, 0) is 4.74 Å². The Labute approximate surface area is 117 Å². The first-order valence-corrected chi connectivity index (χ1v) is 6.75. The number of hydrogen-bond donors (Lipinski definition) is 0. The molecule has 0 N–H and O–H groups in total. The van der Waals surface area contributed by atoms with Gasteiger partial charge < -0.3 is 9.64 Å². The fourth-order valence-corrected chi connectivity index (χ4v) is 1.64. The van der Waals surface area contributed by atoms with Crippen LogP contribution in [0.15, 0.2) is 37.5 Å². The Hall–Kier alpha value is -1.51. The molecule has 0 aliphatic carbocycles. The zero-order valence-electron chi connectivity index (χ0n) is 12.7. The third-order valence-corrected chi connectivity index (χ3v) is 2.37. The van der Waals surface area contributed by atoms with Gasteiger partial charge in [0, 0.05) is 6.54 Å². The van der Waals surface area contributed by atoms with Gasteiger partial charge >= 0.3 is 6.09 Å². The van der Waals surface area contributed by atoms with Crippen LogP contribution in [0.3, 0.4) is 0 Å². The number of amides is 1. The summed E-state index contributed by atoms with van der Waals surface area (Å²) < 4.78 is 5.45. The van der Waals surface area contributed by atoms with Crippen LogP contribution in [0.1, 0.15) is 40.5 Å². The molecule has 0 aromatic carbocycles. The average molecular weight is 265 g/mol. The minimum Gasteiger partial charge on any atom is -0.444 e. The van der Waals surface area contributed by atoms with Gasteiger partial charge in [0.2, 0.25) is 0 Å². The van der Waals surface area contributed by atoms with E-state index in [9.17, 15) is 4.79 Å². The largest absolute Gasteiger partial charge is 0.444 e. The minimum atomic E-state index is -0.482. The van der Waals surface area contributed by atoms with Crippen LogP contribution in [0.5, 0.6) is 0 Å². The van der Waals surface area contributed by atoms with Crippen molar-refractivity contribution in [2.75, 3.05) is 6.54 Å². The molecule has 0 radical (unpaired) electrons. The number of ether oxygens (including phenoxy) is 1. The zero-order chi connectivity index (χ0) is 14.9. The molecule has 0 saturated carbocycles. The lowest BCUT2D eigenvalue weighted by Crippen LogP contribution is -2.43. The molecule has 0 rings (SSSR count). The molecule has 1 amide bonds. The molecule has 0 spiro atoms. The molecule has 1 atom stereocenters. The molecule has 0 bridgehead atoms. The van der Waals surface area contributed by atoms with E-state index in [4.69, 9.17) is 4.74 Å². The second kappa shape index (κ2) is 8.57. The van der Waals surface area contributed by atoms with Crippen LogP contribution in [0.25, 0.3) is 0 Å². The van der Waals surface area contributed by atoms with Gasteiger partial charge in [-0.05, 0) is 33.6 Å². The Balaban J connectivity index is 5.00. The molecule has 0 fully saturated rings. The maximum atomic E-state index is 12.2.